The van der Waals surface area contributed by atoms with Crippen LogP contribution in [-0.4, -0.2) is 25.8 Å². The second-order valence-electron chi connectivity index (χ2n) is 9.02. The molecule has 2 aromatic carbocycles. The van der Waals surface area contributed by atoms with Gasteiger partial charge in [0.1, 0.15) is 12.4 Å². The lowest BCUT2D eigenvalue weighted by atomic mass is 9.96. The topological polar surface area (TPSA) is 67.6 Å². The van der Waals surface area contributed by atoms with Crippen molar-refractivity contribution in [1.29, 1.82) is 0 Å². The molecule has 176 valence electrons. The first-order valence-corrected chi connectivity index (χ1v) is 11.6. The van der Waals surface area contributed by atoms with Crippen molar-refractivity contribution in [2.24, 2.45) is 0 Å². The van der Waals surface area contributed by atoms with E-state index in [0.29, 0.717) is 12.6 Å². The van der Waals surface area contributed by atoms with Crippen LogP contribution in [0.15, 0.2) is 54.7 Å². The molecule has 1 aliphatic heterocycles. The van der Waals surface area contributed by atoms with Crippen LogP contribution in [0.2, 0.25) is 0 Å². The monoisotopic (exact) mass is 457 g/mol. The third-order valence-corrected chi connectivity index (χ3v) is 6.02. The average Bonchev–Trinajstić information content (AvgIpc) is 3.38. The smallest absolute Gasteiger partial charge is 0.304 e. The number of hydrogen-bond acceptors (Lipinski definition) is 4. The second-order valence-corrected chi connectivity index (χ2v) is 9.02. The Morgan fingerprint density at radius 1 is 1.15 bits per heavy atom. The highest BCUT2D eigenvalue weighted by atomic mass is 16.5. The molecule has 1 aromatic heterocycles. The summed E-state index contributed by atoms with van der Waals surface area (Å²) in [6.45, 7) is 9.28. The van der Waals surface area contributed by atoms with Crippen molar-refractivity contribution in [3.63, 3.8) is 0 Å². The zero-order valence-corrected chi connectivity index (χ0v) is 20.0. The molecular weight excluding hydrogens is 426 g/mol. The van der Waals surface area contributed by atoms with Gasteiger partial charge in [-0.1, -0.05) is 42.3 Å². The molecule has 0 fully saturated rings. The Kier molecular flexibility index (Phi) is 7.34. The molecule has 0 spiro atoms. The Bertz CT molecular complexity index is 1200. The van der Waals surface area contributed by atoms with Gasteiger partial charge in [-0.2, -0.15) is 5.10 Å². The van der Waals surface area contributed by atoms with Gasteiger partial charge in [0.25, 0.3) is 0 Å². The van der Waals surface area contributed by atoms with Crippen molar-refractivity contribution in [3.8, 4) is 17.6 Å². The molecule has 1 atom stereocenters. The van der Waals surface area contributed by atoms with Crippen molar-refractivity contribution in [2.75, 3.05) is 0 Å². The lowest BCUT2D eigenvalue weighted by molar-refractivity contribution is -0.137. The van der Waals surface area contributed by atoms with E-state index in [1.54, 1.807) is 6.92 Å². The Morgan fingerprint density at radius 3 is 2.62 bits per heavy atom. The van der Waals surface area contributed by atoms with Gasteiger partial charge in [0, 0.05) is 31.2 Å². The van der Waals surface area contributed by atoms with Crippen molar-refractivity contribution in [2.45, 2.75) is 65.4 Å². The first-order valence-electron chi connectivity index (χ1n) is 11.6. The third kappa shape index (κ3) is 5.67. The minimum absolute atomic E-state index is 0.00827. The Balaban J connectivity index is 1.34. The quantitative estimate of drug-likeness (QED) is 0.451. The van der Waals surface area contributed by atoms with E-state index < -0.39 is 5.97 Å². The summed E-state index contributed by atoms with van der Waals surface area (Å²) in [5, 5.41) is 13.6. The number of ether oxygens (including phenoxy) is 1. The zero-order valence-electron chi connectivity index (χ0n) is 20.0. The molecule has 0 amide bonds. The summed E-state index contributed by atoms with van der Waals surface area (Å²) in [4.78, 5) is 13.5. The number of hydrogen-bond donors (Lipinski definition) is 1. The number of carboxylic acid groups (broad SMARTS) is 1. The average molecular weight is 458 g/mol. The minimum Gasteiger partial charge on any atom is -0.489 e. The predicted molar refractivity (Wildman–Crippen MR) is 131 cm³/mol. The second kappa shape index (κ2) is 10.6. The largest absolute Gasteiger partial charge is 0.489 e. The van der Waals surface area contributed by atoms with E-state index in [1.807, 2.05) is 30.5 Å². The molecule has 6 heteroatoms. The molecule has 0 saturated carbocycles. The van der Waals surface area contributed by atoms with Crippen molar-refractivity contribution in [3.05, 3.63) is 82.7 Å². The van der Waals surface area contributed by atoms with Gasteiger partial charge >= 0.3 is 5.97 Å². The van der Waals surface area contributed by atoms with E-state index in [0.717, 1.165) is 36.5 Å². The number of nitrogens with zero attached hydrogens (tertiary/aromatic N) is 3. The number of aliphatic carboxylic acids is 1. The molecule has 0 radical (unpaired) electrons. The van der Waals surface area contributed by atoms with E-state index in [2.05, 4.69) is 64.6 Å². The van der Waals surface area contributed by atoms with Crippen molar-refractivity contribution < 1.29 is 14.6 Å². The molecular formula is C28H31N3O3. The summed E-state index contributed by atoms with van der Waals surface area (Å²) in [6, 6.07) is 16.4. The molecule has 1 aliphatic rings. The van der Waals surface area contributed by atoms with Gasteiger partial charge in [-0.05, 0) is 49.6 Å². The van der Waals surface area contributed by atoms with Gasteiger partial charge in [0.2, 0.25) is 0 Å². The molecule has 1 unspecified atom stereocenters. The highest BCUT2D eigenvalue weighted by molar-refractivity contribution is 5.69. The van der Waals surface area contributed by atoms with Crippen molar-refractivity contribution >= 4 is 5.97 Å². The molecule has 3 aromatic rings. The third-order valence-electron chi connectivity index (χ3n) is 6.02. The number of fused-ring (bicyclic) bond motifs is 1. The summed E-state index contributed by atoms with van der Waals surface area (Å²) in [5.41, 5.74) is 5.92. The van der Waals surface area contributed by atoms with Gasteiger partial charge in [-0.3, -0.25) is 14.4 Å². The Labute approximate surface area is 201 Å². The fraction of sp³-hybridized carbons (Fsp3) is 0.357. The summed E-state index contributed by atoms with van der Waals surface area (Å²) in [6.07, 6.45) is 2.00. The van der Waals surface area contributed by atoms with E-state index in [1.165, 1.54) is 16.8 Å². The first kappa shape index (κ1) is 23.6. The fourth-order valence-corrected chi connectivity index (χ4v) is 4.43. The Hall–Kier alpha value is -3.56. The standard InChI is InChI=1S/C28H31N3O3/c1-4-6-24(14-28(32)33)23-9-11-26(12-10-23)34-19-22-8-5-7-21(13-22)16-30-17-25-15-29-31(20(2)3)27(25)18-30/h5,7-13,15,20,24H,14,16-19H2,1-3H3,(H,32,33). The molecule has 4 rings (SSSR count). The lowest BCUT2D eigenvalue weighted by Gasteiger charge is -2.17. The molecule has 0 saturated heterocycles. The number of benzene rings is 2. The predicted octanol–water partition coefficient (Wildman–Crippen LogP) is 5.14. The van der Waals surface area contributed by atoms with E-state index in [9.17, 15) is 4.79 Å². The van der Waals surface area contributed by atoms with Crippen LogP contribution in [0.3, 0.4) is 0 Å². The maximum Gasteiger partial charge on any atom is 0.304 e. The Morgan fingerprint density at radius 2 is 1.91 bits per heavy atom. The van der Waals surface area contributed by atoms with Crippen LogP contribution in [0.1, 0.15) is 67.1 Å². The van der Waals surface area contributed by atoms with E-state index in [4.69, 9.17) is 9.84 Å². The van der Waals surface area contributed by atoms with Crippen LogP contribution in [0, 0.1) is 11.8 Å². The summed E-state index contributed by atoms with van der Waals surface area (Å²) < 4.78 is 8.12. The molecule has 0 aliphatic carbocycles. The highest BCUT2D eigenvalue weighted by Gasteiger charge is 2.24. The highest BCUT2D eigenvalue weighted by Crippen LogP contribution is 2.27. The normalized spacial score (nSPS) is 13.9. The van der Waals surface area contributed by atoms with Gasteiger partial charge < -0.3 is 9.84 Å². The summed E-state index contributed by atoms with van der Waals surface area (Å²) >= 11 is 0. The van der Waals surface area contributed by atoms with Crippen LogP contribution in [-0.2, 0) is 31.0 Å². The fourth-order valence-electron chi connectivity index (χ4n) is 4.43. The van der Waals surface area contributed by atoms with Gasteiger partial charge in [0.15, 0.2) is 0 Å². The number of aromatic nitrogens is 2. The SMILES string of the molecule is CC#CC(CC(=O)O)c1ccc(OCc2cccc(CN3Cc4cnn(C(C)C)c4C3)c2)cc1. The zero-order chi connectivity index (χ0) is 24.1. The summed E-state index contributed by atoms with van der Waals surface area (Å²) in [7, 11) is 0. The summed E-state index contributed by atoms with van der Waals surface area (Å²) in [5.74, 6) is 5.38. The number of rotatable bonds is 9. The molecule has 6 nitrogen and oxygen atoms in total. The number of carbonyl (C=O) groups is 1. The lowest BCUT2D eigenvalue weighted by Crippen LogP contribution is -2.18. The minimum atomic E-state index is -0.854. The van der Waals surface area contributed by atoms with Gasteiger partial charge in [-0.15, -0.1) is 5.92 Å². The maximum atomic E-state index is 11.1. The van der Waals surface area contributed by atoms with Crippen LogP contribution >= 0.6 is 0 Å². The maximum absolute atomic E-state index is 11.1. The first-order chi connectivity index (χ1) is 16.4. The molecule has 1 N–H and O–H groups in total. The van der Waals surface area contributed by atoms with Crippen LogP contribution in [0.5, 0.6) is 5.75 Å². The van der Waals surface area contributed by atoms with E-state index >= 15 is 0 Å². The van der Waals surface area contributed by atoms with Gasteiger partial charge in [-0.25, -0.2) is 0 Å². The molecule has 34 heavy (non-hydrogen) atoms. The van der Waals surface area contributed by atoms with Crippen LogP contribution in [0.25, 0.3) is 0 Å². The molecule has 2 heterocycles. The van der Waals surface area contributed by atoms with Crippen LogP contribution < -0.4 is 4.74 Å². The van der Waals surface area contributed by atoms with Crippen molar-refractivity contribution in [1.82, 2.24) is 14.7 Å². The number of carboxylic acids is 1. The molecule has 0 bridgehead atoms. The van der Waals surface area contributed by atoms with Gasteiger partial charge in [0.05, 0.1) is 24.2 Å². The van der Waals surface area contributed by atoms with E-state index in [-0.39, 0.29) is 12.3 Å². The van der Waals surface area contributed by atoms with Crippen LogP contribution in [0.4, 0.5) is 0 Å².